The lowest BCUT2D eigenvalue weighted by atomic mass is 9.92. The molecule has 1 N–H and O–H groups in total. The quantitative estimate of drug-likeness (QED) is 0.523. The largest absolute Gasteiger partial charge is 0.296 e. The van der Waals surface area contributed by atoms with Gasteiger partial charge in [-0.3, -0.25) is 14.9 Å². The molecular weight excluding hydrogens is 142 g/mol. The van der Waals surface area contributed by atoms with Crippen molar-refractivity contribution in [3.05, 3.63) is 0 Å². The number of hydrogen-bond acceptors (Lipinski definition) is 2. The van der Waals surface area contributed by atoms with Crippen molar-refractivity contribution in [1.29, 1.82) is 0 Å². The van der Waals surface area contributed by atoms with Crippen molar-refractivity contribution in [2.24, 2.45) is 11.8 Å². The van der Waals surface area contributed by atoms with E-state index in [4.69, 9.17) is 0 Å². The van der Waals surface area contributed by atoms with Gasteiger partial charge in [-0.05, 0) is 12.3 Å². The highest BCUT2D eigenvalue weighted by Crippen LogP contribution is 2.19. The van der Waals surface area contributed by atoms with Gasteiger partial charge in [0, 0.05) is 12.3 Å². The summed E-state index contributed by atoms with van der Waals surface area (Å²) >= 11 is 0. The van der Waals surface area contributed by atoms with Crippen molar-refractivity contribution in [3.8, 4) is 0 Å². The Balaban J connectivity index is 2.68. The Bertz CT molecular complexity index is 189. The minimum atomic E-state index is -0.133. The Morgan fingerprint density at radius 2 is 2.00 bits per heavy atom. The zero-order chi connectivity index (χ0) is 8.43. The van der Waals surface area contributed by atoms with Gasteiger partial charge >= 0.3 is 0 Å². The van der Waals surface area contributed by atoms with E-state index >= 15 is 0 Å². The van der Waals surface area contributed by atoms with Crippen molar-refractivity contribution in [1.82, 2.24) is 5.32 Å². The van der Waals surface area contributed by atoms with E-state index in [9.17, 15) is 9.59 Å². The Kier molecular flexibility index (Phi) is 2.27. The van der Waals surface area contributed by atoms with Gasteiger partial charge in [-0.25, -0.2) is 0 Å². The average Bonchev–Trinajstić information content (AvgIpc) is 2.05. The van der Waals surface area contributed by atoms with Crippen molar-refractivity contribution in [2.75, 3.05) is 0 Å². The highest BCUT2D eigenvalue weighted by atomic mass is 16.2. The molecule has 2 amide bonds. The molecular formula is C8H13NO2. The van der Waals surface area contributed by atoms with Gasteiger partial charge in [-0.2, -0.15) is 0 Å². The monoisotopic (exact) mass is 155 g/mol. The lowest BCUT2D eigenvalue weighted by molar-refractivity contribution is -0.131. The molecule has 1 heterocycles. The van der Waals surface area contributed by atoms with Crippen LogP contribution in [0.4, 0.5) is 0 Å². The third-order valence-electron chi connectivity index (χ3n) is 2.36. The fraction of sp³-hybridized carbons (Fsp3) is 0.750. The van der Waals surface area contributed by atoms with Crippen LogP contribution in [0.3, 0.4) is 0 Å². The third kappa shape index (κ3) is 1.79. The highest BCUT2D eigenvalue weighted by molar-refractivity contribution is 5.96. The summed E-state index contributed by atoms with van der Waals surface area (Å²) in [5.74, 6) is 0.0362. The molecule has 0 radical (unpaired) electrons. The second-order valence-corrected chi connectivity index (χ2v) is 3.22. The standard InChI is InChI=1S/C8H13NO2/c1-5-3-4-7(10)9-8(11)6(5)2/h5-6H,3-4H2,1-2H3,(H,9,10,11). The Labute approximate surface area is 66.2 Å². The maximum atomic E-state index is 11.1. The zero-order valence-electron chi connectivity index (χ0n) is 6.89. The molecule has 3 heteroatoms. The maximum Gasteiger partial charge on any atom is 0.229 e. The van der Waals surface area contributed by atoms with Gasteiger partial charge in [-0.1, -0.05) is 13.8 Å². The van der Waals surface area contributed by atoms with Gasteiger partial charge in [0.05, 0.1) is 0 Å². The number of nitrogens with one attached hydrogen (secondary N) is 1. The van der Waals surface area contributed by atoms with Gasteiger partial charge in [0.2, 0.25) is 11.8 Å². The van der Waals surface area contributed by atoms with Crippen LogP contribution in [0.25, 0.3) is 0 Å². The molecule has 1 fully saturated rings. The third-order valence-corrected chi connectivity index (χ3v) is 2.36. The predicted octanol–water partition coefficient (Wildman–Crippen LogP) is 0.695. The van der Waals surface area contributed by atoms with E-state index in [-0.39, 0.29) is 17.7 Å². The second kappa shape index (κ2) is 3.03. The van der Waals surface area contributed by atoms with Crippen LogP contribution in [0.2, 0.25) is 0 Å². The normalized spacial score (nSPS) is 32.9. The molecule has 0 bridgehead atoms. The number of rotatable bonds is 0. The Hall–Kier alpha value is -0.860. The van der Waals surface area contributed by atoms with Crippen molar-refractivity contribution in [3.63, 3.8) is 0 Å². The van der Waals surface area contributed by atoms with Gasteiger partial charge in [-0.15, -0.1) is 0 Å². The molecule has 11 heavy (non-hydrogen) atoms. The van der Waals surface area contributed by atoms with Crippen LogP contribution in [0, 0.1) is 11.8 Å². The fourth-order valence-electron chi connectivity index (χ4n) is 1.18. The van der Waals surface area contributed by atoms with Gasteiger partial charge < -0.3 is 0 Å². The molecule has 3 nitrogen and oxygen atoms in total. The highest BCUT2D eigenvalue weighted by Gasteiger charge is 2.25. The van der Waals surface area contributed by atoms with E-state index in [1.54, 1.807) is 0 Å². The molecule has 2 unspecified atom stereocenters. The molecule has 0 aromatic carbocycles. The summed E-state index contributed by atoms with van der Waals surface area (Å²) in [6.07, 6.45) is 1.30. The molecule has 62 valence electrons. The summed E-state index contributed by atoms with van der Waals surface area (Å²) < 4.78 is 0. The van der Waals surface area contributed by atoms with Crippen LogP contribution in [-0.2, 0) is 9.59 Å². The van der Waals surface area contributed by atoms with Crippen LogP contribution >= 0.6 is 0 Å². The smallest absolute Gasteiger partial charge is 0.229 e. The molecule has 1 aliphatic rings. The molecule has 1 aliphatic heterocycles. The van der Waals surface area contributed by atoms with Crippen molar-refractivity contribution < 1.29 is 9.59 Å². The first-order chi connectivity index (χ1) is 5.11. The molecule has 0 saturated carbocycles. The topological polar surface area (TPSA) is 46.2 Å². The summed E-state index contributed by atoms with van der Waals surface area (Å²) in [6.45, 7) is 3.86. The van der Waals surface area contributed by atoms with Crippen LogP contribution in [-0.4, -0.2) is 11.8 Å². The second-order valence-electron chi connectivity index (χ2n) is 3.22. The lowest BCUT2D eigenvalue weighted by Gasteiger charge is -2.12. The minimum absolute atomic E-state index is 0.0264. The van der Waals surface area contributed by atoms with Crippen LogP contribution in [0.5, 0.6) is 0 Å². The predicted molar refractivity (Wildman–Crippen MR) is 40.7 cm³/mol. The summed E-state index contributed by atoms with van der Waals surface area (Å²) in [4.78, 5) is 22.0. The number of amides is 2. The number of hydrogen-bond donors (Lipinski definition) is 1. The first kappa shape index (κ1) is 8.24. The van der Waals surface area contributed by atoms with E-state index in [1.807, 2.05) is 13.8 Å². The van der Waals surface area contributed by atoms with Crippen molar-refractivity contribution in [2.45, 2.75) is 26.7 Å². The molecule has 0 spiro atoms. The average molecular weight is 155 g/mol. The SMILES string of the molecule is CC1CCC(=O)NC(=O)C1C. The van der Waals surface area contributed by atoms with E-state index < -0.39 is 0 Å². The molecule has 1 rings (SSSR count). The van der Waals surface area contributed by atoms with Gasteiger partial charge in [0.15, 0.2) is 0 Å². The van der Waals surface area contributed by atoms with Crippen LogP contribution < -0.4 is 5.32 Å². The first-order valence-corrected chi connectivity index (χ1v) is 3.95. The molecule has 0 aromatic rings. The van der Waals surface area contributed by atoms with E-state index in [0.29, 0.717) is 12.3 Å². The van der Waals surface area contributed by atoms with Crippen LogP contribution in [0.15, 0.2) is 0 Å². The summed E-state index contributed by atoms with van der Waals surface area (Å²) in [5.41, 5.74) is 0. The molecule has 0 aromatic heterocycles. The van der Waals surface area contributed by atoms with Gasteiger partial charge in [0.25, 0.3) is 0 Å². The molecule has 2 atom stereocenters. The first-order valence-electron chi connectivity index (χ1n) is 3.95. The number of carbonyl (C=O) groups excluding carboxylic acids is 2. The maximum absolute atomic E-state index is 11.1. The van der Waals surface area contributed by atoms with E-state index in [0.717, 1.165) is 6.42 Å². The molecule has 0 aliphatic carbocycles. The zero-order valence-corrected chi connectivity index (χ0v) is 6.89. The van der Waals surface area contributed by atoms with Crippen molar-refractivity contribution >= 4 is 11.8 Å². The minimum Gasteiger partial charge on any atom is -0.296 e. The van der Waals surface area contributed by atoms with E-state index in [2.05, 4.69) is 5.32 Å². The Morgan fingerprint density at radius 3 is 2.64 bits per heavy atom. The molecule has 1 saturated heterocycles. The number of imide groups is 1. The summed E-state index contributed by atoms with van der Waals surface area (Å²) in [5, 5.41) is 2.34. The lowest BCUT2D eigenvalue weighted by Crippen LogP contribution is -2.32. The summed E-state index contributed by atoms with van der Waals surface area (Å²) in [6, 6.07) is 0. The van der Waals surface area contributed by atoms with Gasteiger partial charge in [0.1, 0.15) is 0 Å². The fourth-order valence-corrected chi connectivity index (χ4v) is 1.18. The van der Waals surface area contributed by atoms with Crippen LogP contribution in [0.1, 0.15) is 26.7 Å². The number of carbonyl (C=O) groups is 2. The summed E-state index contributed by atoms with van der Waals surface area (Å²) in [7, 11) is 0. The Morgan fingerprint density at radius 1 is 1.36 bits per heavy atom. The van der Waals surface area contributed by atoms with E-state index in [1.165, 1.54) is 0 Å².